The van der Waals surface area contributed by atoms with Gasteiger partial charge in [-0.1, -0.05) is 29.9 Å². The number of hydrogen-bond acceptors (Lipinski definition) is 5. The van der Waals surface area contributed by atoms with Gasteiger partial charge in [0, 0.05) is 5.02 Å². The van der Waals surface area contributed by atoms with E-state index in [-0.39, 0.29) is 0 Å². The SMILES string of the molecule is CCC(C)(Oc1ccc(Oc2nc3ccc(Cl)cc3s2)cc1)C(=O)O. The summed E-state index contributed by atoms with van der Waals surface area (Å²) in [7, 11) is 0. The molecule has 1 atom stereocenters. The van der Waals surface area contributed by atoms with Gasteiger partial charge in [0.15, 0.2) is 0 Å². The van der Waals surface area contributed by atoms with E-state index in [0.29, 0.717) is 28.1 Å². The van der Waals surface area contributed by atoms with Crippen molar-refractivity contribution < 1.29 is 19.4 Å². The van der Waals surface area contributed by atoms with Crippen LogP contribution < -0.4 is 9.47 Å². The minimum absolute atomic E-state index is 0.356. The predicted octanol–water partition coefficient (Wildman–Crippen LogP) is 5.37. The molecule has 130 valence electrons. The van der Waals surface area contributed by atoms with Crippen molar-refractivity contribution in [3.63, 3.8) is 0 Å². The monoisotopic (exact) mass is 377 g/mol. The number of fused-ring (bicyclic) bond motifs is 1. The number of aromatic nitrogens is 1. The van der Waals surface area contributed by atoms with Gasteiger partial charge in [-0.25, -0.2) is 9.78 Å². The van der Waals surface area contributed by atoms with Gasteiger partial charge in [0.2, 0.25) is 5.60 Å². The van der Waals surface area contributed by atoms with Crippen LogP contribution in [0.1, 0.15) is 20.3 Å². The summed E-state index contributed by atoms with van der Waals surface area (Å²) in [4.78, 5) is 15.7. The fourth-order valence-electron chi connectivity index (χ4n) is 2.12. The molecular formula is C18H16ClNO4S. The fourth-order valence-corrected chi connectivity index (χ4v) is 3.24. The molecule has 0 aliphatic carbocycles. The van der Waals surface area contributed by atoms with E-state index >= 15 is 0 Å². The molecule has 0 saturated carbocycles. The van der Waals surface area contributed by atoms with E-state index in [4.69, 9.17) is 21.1 Å². The first kappa shape index (κ1) is 17.5. The number of carboxylic acid groups (broad SMARTS) is 1. The van der Waals surface area contributed by atoms with E-state index in [1.165, 1.54) is 11.3 Å². The minimum Gasteiger partial charge on any atom is -0.478 e. The Balaban J connectivity index is 1.74. The molecule has 0 spiro atoms. The highest BCUT2D eigenvalue weighted by molar-refractivity contribution is 7.20. The summed E-state index contributed by atoms with van der Waals surface area (Å²) >= 11 is 7.38. The number of halogens is 1. The van der Waals surface area contributed by atoms with Crippen LogP contribution in [0, 0.1) is 0 Å². The molecule has 3 aromatic rings. The molecule has 0 radical (unpaired) electrons. The highest BCUT2D eigenvalue weighted by Gasteiger charge is 2.33. The lowest BCUT2D eigenvalue weighted by Gasteiger charge is -2.24. The van der Waals surface area contributed by atoms with E-state index < -0.39 is 11.6 Å². The van der Waals surface area contributed by atoms with Crippen LogP contribution in [0.15, 0.2) is 42.5 Å². The van der Waals surface area contributed by atoms with Gasteiger partial charge >= 0.3 is 5.97 Å². The second kappa shape index (κ2) is 6.90. The van der Waals surface area contributed by atoms with Crippen molar-refractivity contribution in [1.82, 2.24) is 4.98 Å². The van der Waals surface area contributed by atoms with Gasteiger partial charge < -0.3 is 14.6 Å². The van der Waals surface area contributed by atoms with Crippen LogP contribution in [-0.4, -0.2) is 21.7 Å². The molecule has 0 bridgehead atoms. The Morgan fingerprint density at radius 2 is 1.92 bits per heavy atom. The summed E-state index contributed by atoms with van der Waals surface area (Å²) in [5, 5.41) is 10.4. The standard InChI is InChI=1S/C18H16ClNO4S/c1-3-18(2,16(21)22)24-13-7-5-12(6-8-13)23-17-20-14-9-4-11(19)10-15(14)25-17/h4-10H,3H2,1-2H3,(H,21,22). The van der Waals surface area contributed by atoms with E-state index in [1.54, 1.807) is 44.2 Å². The summed E-state index contributed by atoms with van der Waals surface area (Å²) in [5.74, 6) is 0.0599. The number of hydrogen-bond donors (Lipinski definition) is 1. The predicted molar refractivity (Wildman–Crippen MR) is 98.1 cm³/mol. The summed E-state index contributed by atoms with van der Waals surface area (Å²) in [6, 6.07) is 12.3. The van der Waals surface area contributed by atoms with E-state index in [2.05, 4.69) is 4.98 Å². The molecule has 1 N–H and O–H groups in total. The first-order valence-corrected chi connectivity index (χ1v) is 8.85. The summed E-state index contributed by atoms with van der Waals surface area (Å²) in [6.07, 6.45) is 0.356. The molecular weight excluding hydrogens is 362 g/mol. The number of carbonyl (C=O) groups is 1. The zero-order chi connectivity index (χ0) is 18.0. The zero-order valence-electron chi connectivity index (χ0n) is 13.7. The molecule has 2 aromatic carbocycles. The molecule has 0 fully saturated rings. The summed E-state index contributed by atoms with van der Waals surface area (Å²) in [5.41, 5.74) is -0.432. The Hall–Kier alpha value is -2.31. The van der Waals surface area contributed by atoms with Crippen molar-refractivity contribution in [2.45, 2.75) is 25.9 Å². The van der Waals surface area contributed by atoms with Crippen molar-refractivity contribution in [3.05, 3.63) is 47.5 Å². The van der Waals surface area contributed by atoms with Crippen LogP contribution in [0.4, 0.5) is 0 Å². The smallest absolute Gasteiger partial charge is 0.347 e. The van der Waals surface area contributed by atoms with Crippen LogP contribution in [0.5, 0.6) is 16.7 Å². The molecule has 1 unspecified atom stereocenters. The quantitative estimate of drug-likeness (QED) is 0.625. The highest BCUT2D eigenvalue weighted by Crippen LogP contribution is 2.33. The molecule has 1 heterocycles. The maximum Gasteiger partial charge on any atom is 0.347 e. The number of nitrogens with zero attached hydrogens (tertiary/aromatic N) is 1. The average molecular weight is 378 g/mol. The van der Waals surface area contributed by atoms with Gasteiger partial charge in [-0.3, -0.25) is 0 Å². The lowest BCUT2D eigenvalue weighted by Crippen LogP contribution is -2.40. The summed E-state index contributed by atoms with van der Waals surface area (Å²) < 4.78 is 12.3. The largest absolute Gasteiger partial charge is 0.478 e. The van der Waals surface area contributed by atoms with E-state index in [9.17, 15) is 9.90 Å². The number of benzene rings is 2. The molecule has 1 aromatic heterocycles. The number of carboxylic acids is 1. The second-order valence-corrected chi connectivity index (χ2v) is 7.09. The van der Waals surface area contributed by atoms with Crippen LogP contribution >= 0.6 is 22.9 Å². The number of thiazole rings is 1. The highest BCUT2D eigenvalue weighted by atomic mass is 35.5. The Morgan fingerprint density at radius 1 is 1.24 bits per heavy atom. The van der Waals surface area contributed by atoms with Gasteiger partial charge in [-0.15, -0.1) is 0 Å². The topological polar surface area (TPSA) is 68.7 Å². The number of ether oxygens (including phenoxy) is 2. The van der Waals surface area contributed by atoms with Gasteiger partial charge in [0.1, 0.15) is 11.5 Å². The molecule has 3 rings (SSSR count). The van der Waals surface area contributed by atoms with E-state index in [1.807, 2.05) is 12.1 Å². The molecule has 7 heteroatoms. The maximum atomic E-state index is 11.3. The zero-order valence-corrected chi connectivity index (χ0v) is 15.2. The summed E-state index contributed by atoms with van der Waals surface area (Å²) in [6.45, 7) is 3.32. The average Bonchev–Trinajstić information content (AvgIpc) is 2.97. The Bertz CT molecular complexity index is 909. The van der Waals surface area contributed by atoms with Crippen molar-refractivity contribution in [2.75, 3.05) is 0 Å². The molecule has 5 nitrogen and oxygen atoms in total. The molecule has 0 saturated heterocycles. The van der Waals surface area contributed by atoms with Gasteiger partial charge in [0.05, 0.1) is 10.2 Å². The van der Waals surface area contributed by atoms with Crippen LogP contribution in [0.2, 0.25) is 5.02 Å². The third-order valence-corrected chi connectivity index (χ3v) is 4.96. The molecule has 0 aliphatic rings. The van der Waals surface area contributed by atoms with Crippen molar-refractivity contribution in [1.29, 1.82) is 0 Å². The fraction of sp³-hybridized carbons (Fsp3) is 0.222. The number of rotatable bonds is 6. The van der Waals surface area contributed by atoms with Crippen molar-refractivity contribution in [3.8, 4) is 16.7 Å². The van der Waals surface area contributed by atoms with Crippen LogP contribution in [0.25, 0.3) is 10.2 Å². The Morgan fingerprint density at radius 3 is 2.56 bits per heavy atom. The Kier molecular flexibility index (Phi) is 4.83. The lowest BCUT2D eigenvalue weighted by molar-refractivity contribution is -0.154. The lowest BCUT2D eigenvalue weighted by atomic mass is 10.0. The van der Waals surface area contributed by atoms with E-state index in [0.717, 1.165) is 10.2 Å². The van der Waals surface area contributed by atoms with Crippen LogP contribution in [0.3, 0.4) is 0 Å². The van der Waals surface area contributed by atoms with Gasteiger partial charge in [-0.2, -0.15) is 0 Å². The maximum absolute atomic E-state index is 11.3. The van der Waals surface area contributed by atoms with Crippen LogP contribution in [-0.2, 0) is 4.79 Å². The first-order valence-electron chi connectivity index (χ1n) is 7.66. The van der Waals surface area contributed by atoms with Gasteiger partial charge in [0.25, 0.3) is 5.19 Å². The van der Waals surface area contributed by atoms with Gasteiger partial charge in [-0.05, 0) is 55.8 Å². The van der Waals surface area contributed by atoms with Crippen molar-refractivity contribution >= 4 is 39.1 Å². The minimum atomic E-state index is -1.26. The second-order valence-electron chi connectivity index (χ2n) is 5.66. The third kappa shape index (κ3) is 3.86. The third-order valence-electron chi connectivity index (χ3n) is 3.83. The first-order chi connectivity index (χ1) is 11.9. The molecule has 0 amide bonds. The van der Waals surface area contributed by atoms with Crippen molar-refractivity contribution in [2.24, 2.45) is 0 Å². The Labute approximate surface area is 153 Å². The molecule has 0 aliphatic heterocycles. The normalized spacial score (nSPS) is 13.4. The molecule has 25 heavy (non-hydrogen) atoms. The number of aliphatic carboxylic acids is 1.